The first-order valence-electron chi connectivity index (χ1n) is 5.88. The lowest BCUT2D eigenvalue weighted by atomic mass is 10.0. The Labute approximate surface area is 91.0 Å². The number of ether oxygens (including phenoxy) is 1. The Morgan fingerprint density at radius 1 is 1.40 bits per heavy atom. The zero-order valence-corrected chi connectivity index (χ0v) is 9.37. The highest BCUT2D eigenvalue weighted by atomic mass is 16.5. The first-order chi connectivity index (χ1) is 7.27. The van der Waals surface area contributed by atoms with Crippen molar-refractivity contribution in [2.75, 3.05) is 32.8 Å². The average molecular weight is 212 g/mol. The Morgan fingerprint density at radius 2 is 2.27 bits per heavy atom. The lowest BCUT2D eigenvalue weighted by molar-refractivity contribution is -0.135. The summed E-state index contributed by atoms with van der Waals surface area (Å²) in [6.07, 6.45) is 2.21. The highest BCUT2D eigenvalue weighted by Crippen LogP contribution is 2.21. The van der Waals surface area contributed by atoms with Gasteiger partial charge < -0.3 is 15.0 Å². The van der Waals surface area contributed by atoms with E-state index in [9.17, 15) is 4.79 Å². The fourth-order valence-electron chi connectivity index (χ4n) is 2.31. The Hall–Kier alpha value is -0.610. The number of nitrogens with one attached hydrogen (secondary N) is 1. The molecule has 2 fully saturated rings. The maximum absolute atomic E-state index is 12.1. The molecule has 0 bridgehead atoms. The van der Waals surface area contributed by atoms with Crippen molar-refractivity contribution in [3.63, 3.8) is 0 Å². The van der Waals surface area contributed by atoms with E-state index in [0.29, 0.717) is 12.5 Å². The first kappa shape index (κ1) is 10.9. The number of hydrogen-bond acceptors (Lipinski definition) is 3. The molecule has 2 aliphatic rings. The van der Waals surface area contributed by atoms with E-state index in [1.54, 1.807) is 0 Å². The van der Waals surface area contributed by atoms with Gasteiger partial charge in [0.25, 0.3) is 0 Å². The third kappa shape index (κ3) is 2.69. The zero-order chi connectivity index (χ0) is 10.7. The third-order valence-corrected chi connectivity index (χ3v) is 3.20. The van der Waals surface area contributed by atoms with Crippen LogP contribution in [-0.2, 0) is 9.53 Å². The van der Waals surface area contributed by atoms with Gasteiger partial charge in [0, 0.05) is 19.6 Å². The van der Waals surface area contributed by atoms with Crippen molar-refractivity contribution >= 4 is 5.91 Å². The summed E-state index contributed by atoms with van der Waals surface area (Å²) in [6, 6.07) is 0. The van der Waals surface area contributed by atoms with Gasteiger partial charge in [0.05, 0.1) is 18.6 Å². The topological polar surface area (TPSA) is 41.6 Å². The molecule has 2 heterocycles. The highest BCUT2D eigenvalue weighted by molar-refractivity contribution is 5.79. The fraction of sp³-hybridized carbons (Fsp3) is 0.909. The van der Waals surface area contributed by atoms with E-state index in [1.165, 1.54) is 0 Å². The van der Waals surface area contributed by atoms with Crippen LogP contribution in [0.5, 0.6) is 0 Å². The predicted octanol–water partition coefficient (Wildman–Crippen LogP) is 0.233. The van der Waals surface area contributed by atoms with Crippen LogP contribution >= 0.6 is 0 Å². The van der Waals surface area contributed by atoms with Crippen LogP contribution in [-0.4, -0.2) is 49.7 Å². The Balaban J connectivity index is 1.88. The lowest BCUT2D eigenvalue weighted by Crippen LogP contribution is -2.38. The molecule has 0 radical (unpaired) electrons. The number of carbonyl (C=O) groups is 1. The van der Waals surface area contributed by atoms with Gasteiger partial charge in [0.2, 0.25) is 5.91 Å². The molecule has 1 amide bonds. The monoisotopic (exact) mass is 212 g/mol. The molecule has 0 aromatic heterocycles. The van der Waals surface area contributed by atoms with Gasteiger partial charge in [-0.2, -0.15) is 0 Å². The molecule has 2 atom stereocenters. The molecule has 2 rings (SSSR count). The minimum absolute atomic E-state index is 0.109. The number of amides is 1. The van der Waals surface area contributed by atoms with Gasteiger partial charge >= 0.3 is 0 Å². The molecule has 15 heavy (non-hydrogen) atoms. The van der Waals surface area contributed by atoms with E-state index in [-0.39, 0.29) is 12.0 Å². The Bertz CT molecular complexity index is 225. The summed E-state index contributed by atoms with van der Waals surface area (Å²) in [5, 5.41) is 3.31. The van der Waals surface area contributed by atoms with Crippen LogP contribution in [0.25, 0.3) is 0 Å². The normalized spacial score (nSPS) is 32.7. The quantitative estimate of drug-likeness (QED) is 0.676. The predicted molar refractivity (Wildman–Crippen MR) is 57.6 cm³/mol. The number of nitrogens with zero attached hydrogens (tertiary/aromatic N) is 1. The van der Waals surface area contributed by atoms with Crippen LogP contribution in [0.3, 0.4) is 0 Å². The molecule has 0 saturated carbocycles. The van der Waals surface area contributed by atoms with Crippen LogP contribution in [0.4, 0.5) is 0 Å². The molecular formula is C11H20N2O2. The van der Waals surface area contributed by atoms with Crippen molar-refractivity contribution in [3.05, 3.63) is 0 Å². The molecule has 0 aromatic carbocycles. The maximum atomic E-state index is 12.1. The SMILES string of the molecule is CC1CC(C(=O)N2CCCNCC2)CO1. The number of rotatable bonds is 1. The molecule has 2 unspecified atom stereocenters. The number of carbonyl (C=O) groups excluding carboxylic acids is 1. The Morgan fingerprint density at radius 3 is 3.00 bits per heavy atom. The van der Waals surface area contributed by atoms with E-state index in [2.05, 4.69) is 5.32 Å². The summed E-state index contributed by atoms with van der Waals surface area (Å²) in [5.41, 5.74) is 0. The molecule has 2 aliphatic heterocycles. The summed E-state index contributed by atoms with van der Waals surface area (Å²) in [5.74, 6) is 0.404. The van der Waals surface area contributed by atoms with Gasteiger partial charge in [-0.05, 0) is 26.3 Å². The second-order valence-corrected chi connectivity index (χ2v) is 4.51. The van der Waals surface area contributed by atoms with E-state index in [0.717, 1.165) is 39.0 Å². The molecular weight excluding hydrogens is 192 g/mol. The van der Waals surface area contributed by atoms with Gasteiger partial charge in [-0.3, -0.25) is 4.79 Å². The van der Waals surface area contributed by atoms with Crippen LogP contribution in [0.15, 0.2) is 0 Å². The summed E-state index contributed by atoms with van der Waals surface area (Å²) >= 11 is 0. The second-order valence-electron chi connectivity index (χ2n) is 4.51. The molecule has 86 valence electrons. The zero-order valence-electron chi connectivity index (χ0n) is 9.37. The molecule has 0 aromatic rings. The van der Waals surface area contributed by atoms with Crippen molar-refractivity contribution in [2.24, 2.45) is 5.92 Å². The van der Waals surface area contributed by atoms with Crippen LogP contribution in [0.1, 0.15) is 19.8 Å². The molecule has 1 N–H and O–H groups in total. The van der Waals surface area contributed by atoms with Gasteiger partial charge in [-0.1, -0.05) is 0 Å². The summed E-state index contributed by atoms with van der Waals surface area (Å²) in [4.78, 5) is 14.1. The minimum atomic E-state index is 0.109. The van der Waals surface area contributed by atoms with Gasteiger partial charge in [-0.25, -0.2) is 0 Å². The highest BCUT2D eigenvalue weighted by Gasteiger charge is 2.31. The second kappa shape index (κ2) is 4.94. The van der Waals surface area contributed by atoms with Crippen molar-refractivity contribution in [1.29, 1.82) is 0 Å². The van der Waals surface area contributed by atoms with Crippen LogP contribution in [0.2, 0.25) is 0 Å². The summed E-state index contributed by atoms with van der Waals surface area (Å²) in [7, 11) is 0. The van der Waals surface area contributed by atoms with Crippen molar-refractivity contribution in [2.45, 2.75) is 25.9 Å². The number of hydrogen-bond donors (Lipinski definition) is 1. The third-order valence-electron chi connectivity index (χ3n) is 3.20. The smallest absolute Gasteiger partial charge is 0.228 e. The van der Waals surface area contributed by atoms with Gasteiger partial charge in [-0.15, -0.1) is 0 Å². The van der Waals surface area contributed by atoms with Gasteiger partial charge in [0.1, 0.15) is 0 Å². The fourth-order valence-corrected chi connectivity index (χ4v) is 2.31. The summed E-state index contributed by atoms with van der Waals surface area (Å²) < 4.78 is 5.45. The molecule has 0 spiro atoms. The summed E-state index contributed by atoms with van der Waals surface area (Å²) in [6.45, 7) is 6.36. The largest absolute Gasteiger partial charge is 0.378 e. The van der Waals surface area contributed by atoms with Crippen molar-refractivity contribution in [1.82, 2.24) is 10.2 Å². The lowest BCUT2D eigenvalue weighted by Gasteiger charge is -2.22. The average Bonchev–Trinajstić information content (AvgIpc) is 2.53. The van der Waals surface area contributed by atoms with E-state index < -0.39 is 0 Å². The maximum Gasteiger partial charge on any atom is 0.228 e. The first-order valence-corrected chi connectivity index (χ1v) is 5.88. The van der Waals surface area contributed by atoms with E-state index in [1.807, 2.05) is 11.8 Å². The van der Waals surface area contributed by atoms with E-state index in [4.69, 9.17) is 4.74 Å². The standard InChI is InChI=1S/C11H20N2O2/c1-9-7-10(8-15-9)11(14)13-5-2-3-12-4-6-13/h9-10,12H,2-8H2,1H3. The minimum Gasteiger partial charge on any atom is -0.378 e. The molecule has 0 aliphatic carbocycles. The van der Waals surface area contributed by atoms with Crippen molar-refractivity contribution < 1.29 is 9.53 Å². The molecule has 4 heteroatoms. The Kier molecular flexibility index (Phi) is 3.59. The molecule has 4 nitrogen and oxygen atoms in total. The van der Waals surface area contributed by atoms with E-state index >= 15 is 0 Å². The van der Waals surface area contributed by atoms with Gasteiger partial charge in [0.15, 0.2) is 0 Å². The molecule has 2 saturated heterocycles. The van der Waals surface area contributed by atoms with Crippen LogP contribution < -0.4 is 5.32 Å². The van der Waals surface area contributed by atoms with Crippen molar-refractivity contribution in [3.8, 4) is 0 Å². The van der Waals surface area contributed by atoms with Crippen LogP contribution in [0, 0.1) is 5.92 Å².